The van der Waals surface area contributed by atoms with Crippen molar-refractivity contribution >= 4 is 17.7 Å². The van der Waals surface area contributed by atoms with E-state index in [-0.39, 0.29) is 6.09 Å². The lowest BCUT2D eigenvalue weighted by atomic mass is 9.96. The summed E-state index contributed by atoms with van der Waals surface area (Å²) in [6, 6.07) is 5.95. The predicted molar refractivity (Wildman–Crippen MR) is 122 cm³/mol. The Balaban J connectivity index is 1.53. The number of carbonyl (C=O) groups is 1. The van der Waals surface area contributed by atoms with Crippen molar-refractivity contribution in [3.05, 3.63) is 42.5 Å². The Bertz CT molecular complexity index is 831. The third-order valence-electron chi connectivity index (χ3n) is 5.30. The summed E-state index contributed by atoms with van der Waals surface area (Å²) < 4.78 is 5.50. The zero-order chi connectivity index (χ0) is 22.3. The van der Waals surface area contributed by atoms with Gasteiger partial charge in [-0.15, -0.1) is 0 Å². The van der Waals surface area contributed by atoms with Crippen LogP contribution in [0.1, 0.15) is 46.1 Å². The molecule has 168 valence electrons. The summed E-state index contributed by atoms with van der Waals surface area (Å²) >= 11 is 0. The standard InChI is InChI=1S/C23H34N6O2/c1-5-28(16-18-8-11-29(12-9-18)22(30)31-23(2,3)4)21-13-20(26-17-27-21)25-15-19-7-6-10-24-14-19/h6-7,10,13-14,17-18H,5,8-9,11-12,15-16H2,1-4H3,(H,25,26,27). The summed E-state index contributed by atoms with van der Waals surface area (Å²) in [6.07, 6.45) is 6.94. The van der Waals surface area contributed by atoms with Crippen LogP contribution in [0.4, 0.5) is 16.4 Å². The molecule has 0 aromatic carbocycles. The minimum atomic E-state index is -0.456. The number of ether oxygens (including phenoxy) is 1. The van der Waals surface area contributed by atoms with E-state index in [1.807, 2.05) is 50.1 Å². The number of nitrogens with one attached hydrogen (secondary N) is 1. The number of anilines is 2. The van der Waals surface area contributed by atoms with Crippen molar-refractivity contribution in [1.29, 1.82) is 0 Å². The van der Waals surface area contributed by atoms with Gasteiger partial charge in [0.05, 0.1) is 0 Å². The molecule has 3 rings (SSSR count). The number of rotatable bonds is 7. The second kappa shape index (κ2) is 10.4. The molecule has 8 nitrogen and oxygen atoms in total. The van der Waals surface area contributed by atoms with Gasteiger partial charge in [-0.1, -0.05) is 6.07 Å². The van der Waals surface area contributed by atoms with Gasteiger partial charge in [0.1, 0.15) is 23.6 Å². The third-order valence-corrected chi connectivity index (χ3v) is 5.30. The summed E-state index contributed by atoms with van der Waals surface area (Å²) in [5.41, 5.74) is 0.648. The lowest BCUT2D eigenvalue weighted by Gasteiger charge is -2.35. The fraction of sp³-hybridized carbons (Fsp3) is 0.565. The molecule has 0 radical (unpaired) electrons. The van der Waals surface area contributed by atoms with E-state index >= 15 is 0 Å². The number of hydrogen-bond acceptors (Lipinski definition) is 7. The molecule has 31 heavy (non-hydrogen) atoms. The van der Waals surface area contributed by atoms with Gasteiger partial charge in [0, 0.05) is 51.2 Å². The van der Waals surface area contributed by atoms with Gasteiger partial charge < -0.3 is 19.9 Å². The summed E-state index contributed by atoms with van der Waals surface area (Å²) in [4.78, 5) is 29.4. The lowest BCUT2D eigenvalue weighted by molar-refractivity contribution is 0.0186. The first-order chi connectivity index (χ1) is 14.8. The van der Waals surface area contributed by atoms with Crippen LogP contribution in [0.25, 0.3) is 0 Å². The van der Waals surface area contributed by atoms with E-state index in [1.54, 1.807) is 12.5 Å². The van der Waals surface area contributed by atoms with E-state index in [4.69, 9.17) is 4.74 Å². The van der Waals surface area contributed by atoms with Gasteiger partial charge >= 0.3 is 6.09 Å². The third kappa shape index (κ3) is 7.08. The number of carbonyl (C=O) groups excluding carboxylic acids is 1. The van der Waals surface area contributed by atoms with Gasteiger partial charge in [-0.05, 0) is 58.1 Å². The first-order valence-corrected chi connectivity index (χ1v) is 11.0. The van der Waals surface area contributed by atoms with Crippen LogP contribution in [-0.4, -0.2) is 57.7 Å². The molecule has 0 unspecified atom stereocenters. The van der Waals surface area contributed by atoms with Crippen molar-refractivity contribution in [2.45, 2.75) is 52.7 Å². The summed E-state index contributed by atoms with van der Waals surface area (Å²) in [5.74, 6) is 2.23. The van der Waals surface area contributed by atoms with E-state index in [9.17, 15) is 4.79 Å². The number of amides is 1. The SMILES string of the molecule is CCN(CC1CCN(C(=O)OC(C)(C)C)CC1)c1cc(NCc2cccnc2)ncn1. The predicted octanol–water partition coefficient (Wildman–Crippen LogP) is 3.96. The molecule has 8 heteroatoms. The summed E-state index contributed by atoms with van der Waals surface area (Å²) in [7, 11) is 0. The number of hydrogen-bond donors (Lipinski definition) is 1. The molecule has 0 spiro atoms. The van der Waals surface area contributed by atoms with E-state index in [1.165, 1.54) is 0 Å². The van der Waals surface area contributed by atoms with E-state index in [0.717, 1.165) is 56.2 Å². The minimum Gasteiger partial charge on any atom is -0.444 e. The van der Waals surface area contributed by atoms with Crippen LogP contribution in [0, 0.1) is 5.92 Å². The Hall–Kier alpha value is -2.90. The molecule has 1 aliphatic heterocycles. The maximum Gasteiger partial charge on any atom is 0.410 e. The molecule has 1 amide bonds. The van der Waals surface area contributed by atoms with Gasteiger partial charge in [0.25, 0.3) is 0 Å². The molecule has 0 saturated carbocycles. The molecular weight excluding hydrogens is 392 g/mol. The molecule has 1 saturated heterocycles. The van der Waals surface area contributed by atoms with Gasteiger partial charge in [-0.3, -0.25) is 4.98 Å². The molecule has 1 fully saturated rings. The normalized spacial score (nSPS) is 14.9. The highest BCUT2D eigenvalue weighted by Gasteiger charge is 2.27. The van der Waals surface area contributed by atoms with Crippen molar-refractivity contribution < 1.29 is 9.53 Å². The maximum absolute atomic E-state index is 12.3. The highest BCUT2D eigenvalue weighted by Crippen LogP contribution is 2.23. The van der Waals surface area contributed by atoms with Crippen LogP contribution in [0.2, 0.25) is 0 Å². The number of nitrogens with zero attached hydrogens (tertiary/aromatic N) is 5. The fourth-order valence-corrected chi connectivity index (χ4v) is 3.63. The number of piperidine rings is 1. The first kappa shape index (κ1) is 22.8. The van der Waals surface area contributed by atoms with Crippen molar-refractivity contribution in [3.8, 4) is 0 Å². The molecule has 1 N–H and O–H groups in total. The Morgan fingerprint density at radius 1 is 1.29 bits per heavy atom. The highest BCUT2D eigenvalue weighted by molar-refractivity contribution is 5.68. The Kier molecular flexibility index (Phi) is 7.65. The van der Waals surface area contributed by atoms with Crippen molar-refractivity contribution in [3.63, 3.8) is 0 Å². The smallest absolute Gasteiger partial charge is 0.410 e. The van der Waals surface area contributed by atoms with Crippen molar-refractivity contribution in [2.24, 2.45) is 5.92 Å². The van der Waals surface area contributed by atoms with Crippen LogP contribution in [0.3, 0.4) is 0 Å². The van der Waals surface area contributed by atoms with Crippen molar-refractivity contribution in [1.82, 2.24) is 19.9 Å². The molecule has 0 bridgehead atoms. The van der Waals surface area contributed by atoms with E-state index in [2.05, 4.69) is 32.1 Å². The second-order valence-corrected chi connectivity index (χ2v) is 8.93. The van der Waals surface area contributed by atoms with E-state index in [0.29, 0.717) is 12.5 Å². The van der Waals surface area contributed by atoms with Gasteiger partial charge in [0.2, 0.25) is 0 Å². The number of pyridine rings is 1. The van der Waals surface area contributed by atoms with Crippen LogP contribution >= 0.6 is 0 Å². The quantitative estimate of drug-likeness (QED) is 0.717. The Morgan fingerprint density at radius 3 is 2.71 bits per heavy atom. The minimum absolute atomic E-state index is 0.210. The summed E-state index contributed by atoms with van der Waals surface area (Å²) in [5, 5.41) is 3.34. The van der Waals surface area contributed by atoms with Crippen LogP contribution in [0.15, 0.2) is 36.9 Å². The first-order valence-electron chi connectivity index (χ1n) is 11.0. The average molecular weight is 427 g/mol. The van der Waals surface area contributed by atoms with Crippen LogP contribution in [0.5, 0.6) is 0 Å². The fourth-order valence-electron chi connectivity index (χ4n) is 3.63. The molecule has 2 aromatic heterocycles. The van der Waals surface area contributed by atoms with Gasteiger partial charge in [0.15, 0.2) is 0 Å². The average Bonchev–Trinajstić information content (AvgIpc) is 2.76. The number of likely N-dealkylation sites (tertiary alicyclic amines) is 1. The maximum atomic E-state index is 12.3. The van der Waals surface area contributed by atoms with Crippen molar-refractivity contribution in [2.75, 3.05) is 36.4 Å². The zero-order valence-corrected chi connectivity index (χ0v) is 19.0. The largest absolute Gasteiger partial charge is 0.444 e. The van der Waals surface area contributed by atoms with E-state index < -0.39 is 5.60 Å². The Labute approximate surface area is 185 Å². The van der Waals surface area contributed by atoms with Crippen LogP contribution in [-0.2, 0) is 11.3 Å². The van der Waals surface area contributed by atoms with Gasteiger partial charge in [-0.25, -0.2) is 14.8 Å². The molecule has 2 aromatic rings. The Morgan fingerprint density at radius 2 is 2.06 bits per heavy atom. The monoisotopic (exact) mass is 426 g/mol. The molecule has 0 atom stereocenters. The molecule has 1 aliphatic rings. The van der Waals surface area contributed by atoms with Gasteiger partial charge in [-0.2, -0.15) is 0 Å². The second-order valence-electron chi connectivity index (χ2n) is 8.93. The number of aromatic nitrogens is 3. The highest BCUT2D eigenvalue weighted by atomic mass is 16.6. The summed E-state index contributed by atoms with van der Waals surface area (Å²) in [6.45, 7) is 11.8. The molecule has 0 aliphatic carbocycles. The lowest BCUT2D eigenvalue weighted by Crippen LogP contribution is -2.43. The zero-order valence-electron chi connectivity index (χ0n) is 19.0. The topological polar surface area (TPSA) is 83.5 Å². The molecular formula is C23H34N6O2. The molecule has 3 heterocycles. The van der Waals surface area contributed by atoms with Crippen LogP contribution < -0.4 is 10.2 Å².